The molecule has 2 atom stereocenters. The van der Waals surface area contributed by atoms with Crippen molar-refractivity contribution in [3.63, 3.8) is 0 Å². The van der Waals surface area contributed by atoms with Crippen molar-refractivity contribution in [1.29, 1.82) is 0 Å². The predicted octanol–water partition coefficient (Wildman–Crippen LogP) is 5.74. The molecule has 2 aromatic carbocycles. The fourth-order valence-corrected chi connectivity index (χ4v) is 5.29. The van der Waals surface area contributed by atoms with E-state index in [-0.39, 0.29) is 17.7 Å². The van der Waals surface area contributed by atoms with Gasteiger partial charge in [0.1, 0.15) is 0 Å². The third-order valence-electron chi connectivity index (χ3n) is 6.02. The summed E-state index contributed by atoms with van der Waals surface area (Å²) in [4.78, 5) is 14.7. The highest BCUT2D eigenvalue weighted by Crippen LogP contribution is 2.45. The Morgan fingerprint density at radius 3 is 2.48 bits per heavy atom. The Hall–Kier alpha value is -3.25. The number of allylic oxidation sites excluding steroid dienone is 1. The van der Waals surface area contributed by atoms with Crippen molar-refractivity contribution >= 4 is 28.5 Å². The van der Waals surface area contributed by atoms with E-state index < -0.39 is 0 Å². The minimum atomic E-state index is -0.148. The van der Waals surface area contributed by atoms with E-state index in [1.54, 1.807) is 25.6 Å². The maximum Gasteiger partial charge on any atom is 0.163 e. The monoisotopic (exact) mass is 432 g/mol. The van der Waals surface area contributed by atoms with Crippen LogP contribution in [0.15, 0.2) is 71.2 Å². The lowest BCUT2D eigenvalue weighted by atomic mass is 9.79. The number of ether oxygens (including phenoxy) is 2. The number of nitrogens with one attached hydrogen (secondary N) is 2. The van der Waals surface area contributed by atoms with Crippen LogP contribution in [0.1, 0.15) is 35.2 Å². The number of rotatable bonds is 4. The summed E-state index contributed by atoms with van der Waals surface area (Å²) in [5.74, 6) is 1.63. The number of Topliss-reactive ketones (excluding diaryl/α,β-unsaturated/α-hetero) is 1. The summed E-state index contributed by atoms with van der Waals surface area (Å²) >= 11 is 1.67. The van der Waals surface area contributed by atoms with Crippen molar-refractivity contribution in [2.75, 3.05) is 24.9 Å². The fraction of sp³-hybridized carbons (Fsp3) is 0.240. The second-order valence-electron chi connectivity index (χ2n) is 7.80. The fourth-order valence-electron chi connectivity index (χ4n) is 4.50. The van der Waals surface area contributed by atoms with Crippen LogP contribution in [0.4, 0.5) is 11.4 Å². The highest BCUT2D eigenvalue weighted by molar-refractivity contribution is 7.10. The number of carbonyl (C=O) groups is 1. The molecule has 1 aliphatic heterocycles. The molecule has 1 aliphatic carbocycles. The van der Waals surface area contributed by atoms with E-state index in [0.29, 0.717) is 17.9 Å². The Morgan fingerprint density at radius 1 is 0.935 bits per heavy atom. The molecule has 0 saturated carbocycles. The van der Waals surface area contributed by atoms with E-state index in [2.05, 4.69) is 28.1 Å². The first-order valence-electron chi connectivity index (χ1n) is 10.3. The molecule has 2 N–H and O–H groups in total. The molecule has 0 amide bonds. The average molecular weight is 433 g/mol. The predicted molar refractivity (Wildman–Crippen MR) is 124 cm³/mol. The summed E-state index contributed by atoms with van der Waals surface area (Å²) in [5.41, 5.74) is 4.92. The van der Waals surface area contributed by atoms with Crippen LogP contribution >= 0.6 is 11.3 Å². The number of carbonyl (C=O) groups excluding carboxylic acids is 1. The number of anilines is 2. The van der Waals surface area contributed by atoms with Crippen LogP contribution in [0, 0.1) is 0 Å². The maximum atomic E-state index is 13.5. The molecular formula is C25H24N2O3S. The number of benzene rings is 2. The topological polar surface area (TPSA) is 59.6 Å². The van der Waals surface area contributed by atoms with Crippen LogP contribution in [0.3, 0.4) is 0 Å². The first-order chi connectivity index (χ1) is 15.2. The SMILES string of the molecule is COc1ccc([C@@H]2CC(=O)C3=C(C2)Nc2ccccc2N[C@@H]3c2cccs2)cc1OC. The molecule has 0 fully saturated rings. The van der Waals surface area contributed by atoms with Crippen molar-refractivity contribution in [2.24, 2.45) is 0 Å². The van der Waals surface area contributed by atoms with Crippen LogP contribution in [-0.4, -0.2) is 20.0 Å². The summed E-state index contributed by atoms with van der Waals surface area (Å²) in [6.07, 6.45) is 1.23. The summed E-state index contributed by atoms with van der Waals surface area (Å²) < 4.78 is 10.9. The Morgan fingerprint density at radius 2 is 1.74 bits per heavy atom. The van der Waals surface area contributed by atoms with E-state index in [1.807, 2.05) is 42.5 Å². The third-order valence-corrected chi connectivity index (χ3v) is 6.95. The van der Waals surface area contributed by atoms with E-state index in [9.17, 15) is 4.79 Å². The Labute approximate surface area is 185 Å². The molecule has 0 saturated heterocycles. The van der Waals surface area contributed by atoms with E-state index in [0.717, 1.165) is 39.5 Å². The van der Waals surface area contributed by atoms with Gasteiger partial charge in [-0.2, -0.15) is 0 Å². The van der Waals surface area contributed by atoms with Crippen molar-refractivity contribution < 1.29 is 14.3 Å². The zero-order chi connectivity index (χ0) is 21.4. The van der Waals surface area contributed by atoms with Gasteiger partial charge in [0, 0.05) is 22.6 Å². The number of hydrogen-bond donors (Lipinski definition) is 2. The number of fused-ring (bicyclic) bond motifs is 1. The van der Waals surface area contributed by atoms with Crippen LogP contribution in [-0.2, 0) is 4.79 Å². The molecule has 2 heterocycles. The van der Waals surface area contributed by atoms with Gasteiger partial charge in [-0.15, -0.1) is 11.3 Å². The molecule has 0 unspecified atom stereocenters. The highest BCUT2D eigenvalue weighted by Gasteiger charge is 2.36. The molecule has 2 aliphatic rings. The number of hydrogen-bond acceptors (Lipinski definition) is 6. The summed E-state index contributed by atoms with van der Waals surface area (Å²) in [6, 6.07) is 18.0. The van der Waals surface area contributed by atoms with Crippen LogP contribution in [0.25, 0.3) is 0 Å². The van der Waals surface area contributed by atoms with Gasteiger partial charge in [-0.05, 0) is 53.6 Å². The minimum absolute atomic E-state index is 0.0767. The first kappa shape index (κ1) is 19.7. The molecule has 6 heteroatoms. The maximum absolute atomic E-state index is 13.5. The van der Waals surface area contributed by atoms with E-state index in [1.165, 1.54) is 0 Å². The number of para-hydroxylation sites is 2. The van der Waals surface area contributed by atoms with Crippen LogP contribution in [0.5, 0.6) is 11.5 Å². The Balaban J connectivity index is 1.56. The molecule has 158 valence electrons. The largest absolute Gasteiger partial charge is 0.493 e. The van der Waals surface area contributed by atoms with Gasteiger partial charge in [0.25, 0.3) is 0 Å². The summed E-state index contributed by atoms with van der Waals surface area (Å²) in [6.45, 7) is 0. The lowest BCUT2D eigenvalue weighted by Crippen LogP contribution is -2.26. The van der Waals surface area contributed by atoms with Gasteiger partial charge >= 0.3 is 0 Å². The molecule has 1 aromatic heterocycles. The van der Waals surface area contributed by atoms with E-state index >= 15 is 0 Å². The second-order valence-corrected chi connectivity index (χ2v) is 8.78. The zero-order valence-corrected chi connectivity index (χ0v) is 18.3. The second kappa shape index (κ2) is 8.12. The van der Waals surface area contributed by atoms with Crippen LogP contribution in [0.2, 0.25) is 0 Å². The lowest BCUT2D eigenvalue weighted by Gasteiger charge is -2.29. The zero-order valence-electron chi connectivity index (χ0n) is 17.5. The minimum Gasteiger partial charge on any atom is -0.493 e. The van der Waals surface area contributed by atoms with Crippen LogP contribution < -0.4 is 20.1 Å². The van der Waals surface area contributed by atoms with Crippen molar-refractivity contribution in [3.8, 4) is 11.5 Å². The number of thiophene rings is 1. The lowest BCUT2D eigenvalue weighted by molar-refractivity contribution is -0.116. The smallest absolute Gasteiger partial charge is 0.163 e. The number of ketones is 1. The summed E-state index contributed by atoms with van der Waals surface area (Å²) in [7, 11) is 3.26. The number of methoxy groups -OCH3 is 2. The summed E-state index contributed by atoms with van der Waals surface area (Å²) in [5, 5.41) is 9.25. The molecule has 5 rings (SSSR count). The normalized spacial score (nSPS) is 20.1. The standard InChI is InChI=1S/C25H24N2O3S/c1-29-21-10-9-15(14-22(21)30-2)16-12-19-24(20(28)13-16)25(23-8-5-11-31-23)27-18-7-4-3-6-17(18)26-19/h3-11,14,16,25-27H,12-13H2,1-2H3/t16-,25+/m0/s1. The van der Waals surface area contributed by atoms with E-state index in [4.69, 9.17) is 9.47 Å². The molecule has 3 aromatic rings. The third kappa shape index (κ3) is 3.57. The van der Waals surface area contributed by atoms with Gasteiger partial charge in [0.2, 0.25) is 0 Å². The average Bonchev–Trinajstić information content (AvgIpc) is 3.27. The van der Waals surface area contributed by atoms with Crippen molar-refractivity contribution in [2.45, 2.75) is 24.8 Å². The van der Waals surface area contributed by atoms with Gasteiger partial charge in [-0.25, -0.2) is 0 Å². The van der Waals surface area contributed by atoms with Gasteiger partial charge in [-0.1, -0.05) is 24.3 Å². The molecule has 0 radical (unpaired) electrons. The van der Waals surface area contributed by atoms with Gasteiger partial charge in [0.05, 0.1) is 31.6 Å². The highest BCUT2D eigenvalue weighted by atomic mass is 32.1. The van der Waals surface area contributed by atoms with Gasteiger partial charge in [0.15, 0.2) is 17.3 Å². The van der Waals surface area contributed by atoms with Crippen molar-refractivity contribution in [1.82, 2.24) is 0 Å². The first-order valence-corrected chi connectivity index (χ1v) is 11.2. The van der Waals surface area contributed by atoms with Gasteiger partial charge < -0.3 is 20.1 Å². The molecule has 0 bridgehead atoms. The van der Waals surface area contributed by atoms with Crippen molar-refractivity contribution in [3.05, 3.63) is 81.7 Å². The molecule has 0 spiro atoms. The molecular weight excluding hydrogens is 408 g/mol. The molecule has 5 nitrogen and oxygen atoms in total. The Bertz CT molecular complexity index is 1150. The Kier molecular flexibility index (Phi) is 5.16. The molecule has 31 heavy (non-hydrogen) atoms. The quantitative estimate of drug-likeness (QED) is 0.550. The van der Waals surface area contributed by atoms with Gasteiger partial charge in [-0.3, -0.25) is 4.79 Å².